The summed E-state index contributed by atoms with van der Waals surface area (Å²) in [6.07, 6.45) is 0.724. The molecular formula is C23H22ClN5O2. The van der Waals surface area contributed by atoms with Gasteiger partial charge >= 0.3 is 0 Å². The van der Waals surface area contributed by atoms with E-state index in [2.05, 4.69) is 20.6 Å². The molecule has 7 nitrogen and oxygen atoms in total. The number of nitrogens with zero attached hydrogens (tertiary/aromatic N) is 4. The number of ether oxygens (including phenoxy) is 1. The fourth-order valence-corrected chi connectivity index (χ4v) is 3.32. The van der Waals surface area contributed by atoms with E-state index in [0.717, 1.165) is 22.6 Å². The maximum absolute atomic E-state index is 12.3. The summed E-state index contributed by atoms with van der Waals surface area (Å²) >= 11 is 5.97. The molecule has 0 saturated heterocycles. The molecule has 31 heavy (non-hydrogen) atoms. The third-order valence-corrected chi connectivity index (χ3v) is 4.99. The average molecular weight is 436 g/mol. The molecule has 1 amide bonds. The van der Waals surface area contributed by atoms with Gasteiger partial charge in [-0.2, -0.15) is 9.61 Å². The number of carbonyl (C=O) groups is 1. The van der Waals surface area contributed by atoms with Crippen molar-refractivity contribution in [1.29, 1.82) is 0 Å². The molecule has 0 aliphatic rings. The van der Waals surface area contributed by atoms with Crippen molar-refractivity contribution in [3.8, 4) is 17.0 Å². The molecule has 0 saturated carbocycles. The second-order valence-electron chi connectivity index (χ2n) is 6.97. The first-order chi connectivity index (χ1) is 15.1. The smallest absolute Gasteiger partial charge is 0.220 e. The summed E-state index contributed by atoms with van der Waals surface area (Å²) in [5.41, 5.74) is 3.35. The Morgan fingerprint density at radius 3 is 2.74 bits per heavy atom. The minimum absolute atomic E-state index is 0.0626. The number of nitrogens with one attached hydrogen (secondary N) is 1. The highest BCUT2D eigenvalue weighted by atomic mass is 35.5. The summed E-state index contributed by atoms with van der Waals surface area (Å²) in [5, 5.41) is 16.6. The average Bonchev–Trinajstić information content (AvgIpc) is 3.19. The first kappa shape index (κ1) is 20.8. The fraction of sp³-hybridized carbons (Fsp3) is 0.217. The first-order valence-electron chi connectivity index (χ1n) is 10.1. The van der Waals surface area contributed by atoms with Gasteiger partial charge in [0.1, 0.15) is 5.75 Å². The molecule has 0 aliphatic carbocycles. The number of hydrogen-bond donors (Lipinski definition) is 1. The summed E-state index contributed by atoms with van der Waals surface area (Å²) in [5.74, 6) is 1.37. The third kappa shape index (κ3) is 5.19. The Hall–Kier alpha value is -3.45. The van der Waals surface area contributed by atoms with Crippen molar-refractivity contribution in [2.75, 3.05) is 6.61 Å². The number of halogens is 1. The lowest BCUT2D eigenvalue weighted by Crippen LogP contribution is -2.23. The number of hydrogen-bond acceptors (Lipinski definition) is 5. The van der Waals surface area contributed by atoms with Crippen molar-refractivity contribution in [2.45, 2.75) is 26.3 Å². The zero-order valence-electron chi connectivity index (χ0n) is 17.1. The van der Waals surface area contributed by atoms with Crippen LogP contribution in [0, 0.1) is 0 Å². The normalized spacial score (nSPS) is 10.9. The van der Waals surface area contributed by atoms with Gasteiger partial charge in [0.25, 0.3) is 0 Å². The van der Waals surface area contributed by atoms with Gasteiger partial charge in [-0.3, -0.25) is 4.79 Å². The monoisotopic (exact) mass is 435 g/mol. The van der Waals surface area contributed by atoms with Crippen LogP contribution in [0.2, 0.25) is 5.02 Å². The lowest BCUT2D eigenvalue weighted by Gasteiger charge is -2.08. The Kier molecular flexibility index (Phi) is 6.43. The lowest BCUT2D eigenvalue weighted by atomic mass is 10.1. The molecule has 0 bridgehead atoms. The number of aromatic nitrogens is 4. The highest BCUT2D eigenvalue weighted by Gasteiger charge is 2.11. The fourth-order valence-electron chi connectivity index (χ4n) is 3.19. The summed E-state index contributed by atoms with van der Waals surface area (Å²) in [4.78, 5) is 12.3. The maximum Gasteiger partial charge on any atom is 0.220 e. The highest BCUT2D eigenvalue weighted by molar-refractivity contribution is 6.30. The second kappa shape index (κ2) is 9.57. The predicted molar refractivity (Wildman–Crippen MR) is 119 cm³/mol. The van der Waals surface area contributed by atoms with Gasteiger partial charge in [0, 0.05) is 30.0 Å². The van der Waals surface area contributed by atoms with Crippen molar-refractivity contribution < 1.29 is 9.53 Å². The minimum atomic E-state index is -0.0626. The molecule has 2 aromatic heterocycles. The molecule has 4 aromatic rings. The molecule has 0 fully saturated rings. The van der Waals surface area contributed by atoms with Crippen LogP contribution in [-0.4, -0.2) is 32.3 Å². The van der Waals surface area contributed by atoms with Crippen LogP contribution in [0.4, 0.5) is 0 Å². The highest BCUT2D eigenvalue weighted by Crippen LogP contribution is 2.20. The molecule has 0 aliphatic heterocycles. The van der Waals surface area contributed by atoms with Gasteiger partial charge in [0.2, 0.25) is 5.91 Å². The molecular weight excluding hydrogens is 414 g/mol. The van der Waals surface area contributed by atoms with E-state index in [-0.39, 0.29) is 5.91 Å². The van der Waals surface area contributed by atoms with Gasteiger partial charge in [0.15, 0.2) is 11.5 Å². The summed E-state index contributed by atoms with van der Waals surface area (Å²) in [6.45, 7) is 2.99. The molecule has 0 unspecified atom stereocenters. The van der Waals surface area contributed by atoms with Crippen LogP contribution in [0.15, 0.2) is 60.7 Å². The van der Waals surface area contributed by atoms with Gasteiger partial charge < -0.3 is 10.1 Å². The second-order valence-corrected chi connectivity index (χ2v) is 7.41. The largest absolute Gasteiger partial charge is 0.494 e. The van der Waals surface area contributed by atoms with Crippen LogP contribution in [0.25, 0.3) is 16.9 Å². The van der Waals surface area contributed by atoms with Gasteiger partial charge in [-0.05, 0) is 48.9 Å². The Bertz CT molecular complexity index is 1190. The van der Waals surface area contributed by atoms with Crippen molar-refractivity contribution in [3.05, 3.63) is 77.1 Å². The zero-order chi connectivity index (χ0) is 21.6. The minimum Gasteiger partial charge on any atom is -0.494 e. The van der Waals surface area contributed by atoms with E-state index in [1.807, 2.05) is 67.6 Å². The van der Waals surface area contributed by atoms with E-state index in [1.54, 1.807) is 4.52 Å². The maximum atomic E-state index is 12.3. The van der Waals surface area contributed by atoms with Crippen LogP contribution in [0.3, 0.4) is 0 Å². The van der Waals surface area contributed by atoms with Gasteiger partial charge in [-0.1, -0.05) is 35.9 Å². The molecule has 1 N–H and O–H groups in total. The number of rotatable bonds is 8. The number of benzene rings is 2. The van der Waals surface area contributed by atoms with E-state index in [1.165, 1.54) is 0 Å². The van der Waals surface area contributed by atoms with Crippen LogP contribution < -0.4 is 10.1 Å². The van der Waals surface area contributed by atoms with Crippen molar-refractivity contribution in [1.82, 2.24) is 25.1 Å². The Morgan fingerprint density at radius 1 is 1.10 bits per heavy atom. The SMILES string of the molecule is CCOc1cccc(CNC(=O)CCc2nnc3ccc(-c4ccc(Cl)cc4)nn23)c1. The Morgan fingerprint density at radius 2 is 1.94 bits per heavy atom. The van der Waals surface area contributed by atoms with Gasteiger partial charge in [-0.15, -0.1) is 10.2 Å². The van der Waals surface area contributed by atoms with E-state index >= 15 is 0 Å². The molecule has 0 radical (unpaired) electrons. The van der Waals surface area contributed by atoms with E-state index in [9.17, 15) is 4.79 Å². The first-order valence-corrected chi connectivity index (χ1v) is 10.5. The number of amides is 1. The summed E-state index contributed by atoms with van der Waals surface area (Å²) < 4.78 is 7.18. The third-order valence-electron chi connectivity index (χ3n) is 4.74. The Balaban J connectivity index is 1.39. The Labute approximate surface area is 185 Å². The van der Waals surface area contributed by atoms with Crippen LogP contribution in [0.5, 0.6) is 5.75 Å². The zero-order valence-corrected chi connectivity index (χ0v) is 17.8. The van der Waals surface area contributed by atoms with Crippen LogP contribution in [-0.2, 0) is 17.8 Å². The molecule has 2 aromatic carbocycles. The van der Waals surface area contributed by atoms with E-state index < -0.39 is 0 Å². The van der Waals surface area contributed by atoms with Crippen LogP contribution >= 0.6 is 11.6 Å². The standard InChI is InChI=1S/C23H22ClN5O2/c1-2-31-19-5-3-4-16(14-19)15-25-23(30)13-12-22-27-26-21-11-10-20(28-29(21)22)17-6-8-18(24)9-7-17/h3-11,14H,2,12-13,15H2,1H3,(H,25,30). The predicted octanol–water partition coefficient (Wildman–Crippen LogP) is 4.09. The van der Waals surface area contributed by atoms with Gasteiger partial charge in [0.05, 0.1) is 12.3 Å². The van der Waals surface area contributed by atoms with Crippen LogP contribution in [0.1, 0.15) is 24.7 Å². The van der Waals surface area contributed by atoms with E-state index in [4.69, 9.17) is 16.3 Å². The summed E-state index contributed by atoms with van der Waals surface area (Å²) in [6, 6.07) is 18.9. The van der Waals surface area contributed by atoms with Crippen molar-refractivity contribution >= 4 is 23.2 Å². The van der Waals surface area contributed by atoms with Crippen molar-refractivity contribution in [2.24, 2.45) is 0 Å². The topological polar surface area (TPSA) is 81.4 Å². The molecule has 158 valence electrons. The quantitative estimate of drug-likeness (QED) is 0.450. The molecule has 8 heteroatoms. The number of fused-ring (bicyclic) bond motifs is 1. The lowest BCUT2D eigenvalue weighted by molar-refractivity contribution is -0.121. The molecule has 2 heterocycles. The molecule has 0 spiro atoms. The number of carbonyl (C=O) groups excluding carboxylic acids is 1. The van der Waals surface area contributed by atoms with Crippen molar-refractivity contribution in [3.63, 3.8) is 0 Å². The number of aryl methyl sites for hydroxylation is 1. The molecule has 4 rings (SSSR count). The van der Waals surface area contributed by atoms with Gasteiger partial charge in [-0.25, -0.2) is 0 Å². The van der Waals surface area contributed by atoms with E-state index in [0.29, 0.717) is 42.5 Å². The summed E-state index contributed by atoms with van der Waals surface area (Å²) in [7, 11) is 0. The molecule has 0 atom stereocenters.